The average molecular weight is 304 g/mol. The quantitative estimate of drug-likeness (QED) is 0.492. The average Bonchev–Trinajstić information content (AvgIpc) is 2.46. The summed E-state index contributed by atoms with van der Waals surface area (Å²) in [6.45, 7) is 3.65. The van der Waals surface area contributed by atoms with Crippen LogP contribution in [-0.4, -0.2) is 23.5 Å². The van der Waals surface area contributed by atoms with Gasteiger partial charge in [-0.1, -0.05) is 0 Å². The number of carbonyl (C=O) groups excluding carboxylic acids is 1. The summed E-state index contributed by atoms with van der Waals surface area (Å²) in [5.41, 5.74) is 7.19. The van der Waals surface area contributed by atoms with Gasteiger partial charge >= 0.3 is 5.97 Å². The van der Waals surface area contributed by atoms with Crippen molar-refractivity contribution in [3.05, 3.63) is 51.2 Å². The van der Waals surface area contributed by atoms with Crippen molar-refractivity contribution in [2.75, 3.05) is 6.61 Å². The van der Waals surface area contributed by atoms with Crippen molar-refractivity contribution in [2.45, 2.75) is 19.9 Å². The van der Waals surface area contributed by atoms with Crippen LogP contribution in [0.5, 0.6) is 0 Å². The molecule has 0 bridgehead atoms. The molecule has 1 atom stereocenters. The number of rotatable bonds is 4. The molecule has 0 radical (unpaired) electrons. The van der Waals surface area contributed by atoms with Crippen LogP contribution >= 0.6 is 0 Å². The molecule has 0 aliphatic carbocycles. The zero-order valence-electron chi connectivity index (χ0n) is 12.2. The second-order valence-corrected chi connectivity index (χ2v) is 4.65. The second kappa shape index (κ2) is 6.25. The largest absolute Gasteiger partial charge is 0.463 e. The van der Waals surface area contributed by atoms with Crippen LogP contribution in [-0.2, 0) is 9.53 Å². The fraction of sp³-hybridized carbons (Fsp3) is 0.286. The number of aliphatic imine (C=N–C) groups is 1. The first kappa shape index (κ1) is 15.5. The van der Waals surface area contributed by atoms with Gasteiger partial charge in [-0.05, 0) is 31.5 Å². The number of guanidine groups is 1. The Morgan fingerprint density at radius 3 is 2.64 bits per heavy atom. The first-order valence-corrected chi connectivity index (χ1v) is 6.66. The minimum atomic E-state index is -0.652. The van der Waals surface area contributed by atoms with Crippen LogP contribution in [0, 0.1) is 10.1 Å². The SMILES string of the molecule is CCOC(=O)C1=C(C)NC(N)=N[C@@H]1c1ccc([N+](=O)[O-])cc1. The van der Waals surface area contributed by atoms with Crippen LogP contribution < -0.4 is 11.1 Å². The van der Waals surface area contributed by atoms with Crippen LogP contribution in [0.25, 0.3) is 0 Å². The molecule has 2 rings (SSSR count). The van der Waals surface area contributed by atoms with Crippen LogP contribution in [0.3, 0.4) is 0 Å². The lowest BCUT2D eigenvalue weighted by atomic mass is 9.96. The number of carbonyl (C=O) groups is 1. The Morgan fingerprint density at radius 2 is 2.09 bits per heavy atom. The van der Waals surface area contributed by atoms with E-state index < -0.39 is 16.9 Å². The maximum Gasteiger partial charge on any atom is 0.338 e. The maximum atomic E-state index is 12.1. The van der Waals surface area contributed by atoms with Crippen molar-refractivity contribution < 1.29 is 14.5 Å². The van der Waals surface area contributed by atoms with Crippen LogP contribution in [0.4, 0.5) is 5.69 Å². The van der Waals surface area contributed by atoms with Gasteiger partial charge in [0.2, 0.25) is 0 Å². The Balaban J connectivity index is 2.42. The summed E-state index contributed by atoms with van der Waals surface area (Å²) in [5, 5.41) is 13.5. The minimum absolute atomic E-state index is 0.0342. The van der Waals surface area contributed by atoms with E-state index >= 15 is 0 Å². The third-order valence-corrected chi connectivity index (χ3v) is 3.18. The Bertz CT molecular complexity index is 664. The molecule has 0 spiro atoms. The molecule has 1 aromatic carbocycles. The van der Waals surface area contributed by atoms with Crippen LogP contribution in [0.15, 0.2) is 40.5 Å². The van der Waals surface area contributed by atoms with Gasteiger partial charge in [0, 0.05) is 17.8 Å². The van der Waals surface area contributed by atoms with Gasteiger partial charge in [0.1, 0.15) is 6.04 Å². The highest BCUT2D eigenvalue weighted by Gasteiger charge is 2.29. The third-order valence-electron chi connectivity index (χ3n) is 3.18. The standard InChI is InChI=1S/C14H16N4O4/c1-3-22-13(19)11-8(2)16-14(15)17-12(11)9-4-6-10(7-5-9)18(20)21/h4-7,12H,3H2,1-2H3,(H3,15,16,17)/t12-/m1/s1. The summed E-state index contributed by atoms with van der Waals surface area (Å²) >= 11 is 0. The molecule has 0 aromatic heterocycles. The number of nitrogens with one attached hydrogen (secondary N) is 1. The normalized spacial score (nSPS) is 17.5. The summed E-state index contributed by atoms with van der Waals surface area (Å²) < 4.78 is 5.05. The Labute approximate surface area is 126 Å². The van der Waals surface area contributed by atoms with Gasteiger partial charge in [-0.25, -0.2) is 9.79 Å². The number of esters is 1. The smallest absolute Gasteiger partial charge is 0.338 e. The lowest BCUT2D eigenvalue weighted by Gasteiger charge is -2.24. The number of hydrogen-bond acceptors (Lipinski definition) is 7. The number of allylic oxidation sites excluding steroid dienone is 1. The van der Waals surface area contributed by atoms with Gasteiger partial charge in [-0.3, -0.25) is 10.1 Å². The number of nitro groups is 1. The van der Waals surface area contributed by atoms with E-state index in [-0.39, 0.29) is 18.3 Å². The predicted molar refractivity (Wildman–Crippen MR) is 79.9 cm³/mol. The van der Waals surface area contributed by atoms with Crippen LogP contribution in [0.2, 0.25) is 0 Å². The minimum Gasteiger partial charge on any atom is -0.463 e. The molecule has 1 aromatic rings. The van der Waals surface area contributed by atoms with Gasteiger partial charge < -0.3 is 15.8 Å². The van der Waals surface area contributed by atoms with Gasteiger partial charge in [0.15, 0.2) is 5.96 Å². The van der Waals surface area contributed by atoms with E-state index in [1.165, 1.54) is 12.1 Å². The van der Waals surface area contributed by atoms with Gasteiger partial charge in [0.25, 0.3) is 5.69 Å². The number of nitrogens with zero attached hydrogens (tertiary/aromatic N) is 2. The molecule has 1 aliphatic rings. The van der Waals surface area contributed by atoms with Crippen molar-refractivity contribution in [3.63, 3.8) is 0 Å². The van der Waals surface area contributed by atoms with Crippen molar-refractivity contribution in [1.82, 2.24) is 5.32 Å². The van der Waals surface area contributed by atoms with E-state index in [9.17, 15) is 14.9 Å². The number of hydrogen-bond donors (Lipinski definition) is 2. The van der Waals surface area contributed by atoms with E-state index in [0.29, 0.717) is 16.8 Å². The van der Waals surface area contributed by atoms with E-state index in [1.54, 1.807) is 26.0 Å². The molecule has 8 nitrogen and oxygen atoms in total. The van der Waals surface area contributed by atoms with Crippen molar-refractivity contribution >= 4 is 17.6 Å². The summed E-state index contributed by atoms with van der Waals surface area (Å²) in [4.78, 5) is 26.6. The summed E-state index contributed by atoms with van der Waals surface area (Å²) in [6, 6.07) is 5.18. The number of nitro benzene ring substituents is 1. The Kier molecular flexibility index (Phi) is 4.40. The van der Waals surface area contributed by atoms with E-state index in [1.807, 2.05) is 0 Å². The molecular formula is C14H16N4O4. The topological polar surface area (TPSA) is 120 Å². The third kappa shape index (κ3) is 3.05. The van der Waals surface area contributed by atoms with Gasteiger partial charge in [-0.15, -0.1) is 0 Å². The van der Waals surface area contributed by atoms with Crippen molar-refractivity contribution in [1.29, 1.82) is 0 Å². The molecule has 8 heteroatoms. The first-order valence-electron chi connectivity index (χ1n) is 6.66. The molecule has 22 heavy (non-hydrogen) atoms. The van der Waals surface area contributed by atoms with Crippen LogP contribution in [0.1, 0.15) is 25.5 Å². The molecule has 0 saturated carbocycles. The molecule has 1 aliphatic heterocycles. The van der Waals surface area contributed by atoms with Crippen molar-refractivity contribution in [3.8, 4) is 0 Å². The lowest BCUT2D eigenvalue weighted by Crippen LogP contribution is -2.37. The fourth-order valence-electron chi connectivity index (χ4n) is 2.19. The summed E-state index contributed by atoms with van der Waals surface area (Å²) in [5.74, 6) is -0.319. The number of non-ortho nitro benzene ring substituents is 1. The van der Waals surface area contributed by atoms with E-state index in [4.69, 9.17) is 10.5 Å². The zero-order valence-corrected chi connectivity index (χ0v) is 12.2. The Morgan fingerprint density at radius 1 is 1.45 bits per heavy atom. The molecular weight excluding hydrogens is 288 g/mol. The number of nitrogens with two attached hydrogens (primary N) is 1. The van der Waals surface area contributed by atoms with Crippen molar-refractivity contribution in [2.24, 2.45) is 10.7 Å². The van der Waals surface area contributed by atoms with E-state index in [2.05, 4.69) is 10.3 Å². The van der Waals surface area contributed by atoms with Gasteiger partial charge in [0.05, 0.1) is 17.1 Å². The Hall–Kier alpha value is -2.90. The molecule has 1 heterocycles. The lowest BCUT2D eigenvalue weighted by molar-refractivity contribution is -0.384. The molecule has 0 unspecified atom stereocenters. The van der Waals surface area contributed by atoms with Gasteiger partial charge in [-0.2, -0.15) is 0 Å². The highest BCUT2D eigenvalue weighted by molar-refractivity contribution is 5.94. The fourth-order valence-corrected chi connectivity index (χ4v) is 2.19. The highest BCUT2D eigenvalue weighted by atomic mass is 16.6. The summed E-state index contributed by atoms with van der Waals surface area (Å²) in [6.07, 6.45) is 0. The molecule has 0 saturated heterocycles. The zero-order chi connectivity index (χ0) is 16.3. The van der Waals surface area contributed by atoms with E-state index in [0.717, 1.165) is 0 Å². The molecule has 0 amide bonds. The monoisotopic (exact) mass is 304 g/mol. The number of benzene rings is 1. The summed E-state index contributed by atoms with van der Waals surface area (Å²) in [7, 11) is 0. The first-order chi connectivity index (χ1) is 10.4. The number of ether oxygens (including phenoxy) is 1. The predicted octanol–water partition coefficient (Wildman–Crippen LogP) is 1.39. The second-order valence-electron chi connectivity index (χ2n) is 4.65. The molecule has 116 valence electrons. The highest BCUT2D eigenvalue weighted by Crippen LogP contribution is 2.31. The maximum absolute atomic E-state index is 12.1. The molecule has 0 fully saturated rings. The molecule has 3 N–H and O–H groups in total.